The predicted molar refractivity (Wildman–Crippen MR) is 88.7 cm³/mol. The van der Waals surface area contributed by atoms with Crippen LogP contribution < -0.4 is 10.5 Å². The molecule has 0 aliphatic rings. The number of hydrogen-bond acceptors (Lipinski definition) is 3. The van der Waals surface area contributed by atoms with Crippen molar-refractivity contribution in [2.45, 2.75) is 13.0 Å². The smallest absolute Gasteiger partial charge is 0.260 e. The number of nitrogens with two attached hydrogens (primary N) is 1. The first-order valence-electron chi connectivity index (χ1n) is 7.36. The summed E-state index contributed by atoms with van der Waals surface area (Å²) >= 11 is 0. The van der Waals surface area contributed by atoms with Crippen molar-refractivity contribution < 1.29 is 9.53 Å². The molecule has 4 heteroatoms. The molecule has 0 bridgehead atoms. The van der Waals surface area contributed by atoms with Crippen LogP contribution in [0.4, 0.5) is 0 Å². The summed E-state index contributed by atoms with van der Waals surface area (Å²) in [5, 5.41) is 0. The van der Waals surface area contributed by atoms with E-state index in [1.807, 2.05) is 61.5 Å². The van der Waals surface area contributed by atoms with E-state index in [2.05, 4.69) is 0 Å². The second-order valence-corrected chi connectivity index (χ2v) is 5.24. The molecule has 2 aromatic carbocycles. The Morgan fingerprint density at radius 1 is 1.14 bits per heavy atom. The summed E-state index contributed by atoms with van der Waals surface area (Å²) in [6.07, 6.45) is 0. The van der Waals surface area contributed by atoms with Gasteiger partial charge >= 0.3 is 0 Å². The molecule has 1 atom stereocenters. The van der Waals surface area contributed by atoms with E-state index in [1.54, 1.807) is 11.9 Å². The van der Waals surface area contributed by atoms with E-state index in [4.69, 9.17) is 10.5 Å². The lowest BCUT2D eigenvalue weighted by Gasteiger charge is -2.23. The van der Waals surface area contributed by atoms with E-state index in [9.17, 15) is 4.79 Å². The fourth-order valence-electron chi connectivity index (χ4n) is 2.09. The highest BCUT2D eigenvalue weighted by molar-refractivity contribution is 5.78. The summed E-state index contributed by atoms with van der Waals surface area (Å²) in [6, 6.07) is 17.7. The average Bonchev–Trinajstić information content (AvgIpc) is 2.59. The van der Waals surface area contributed by atoms with E-state index in [1.165, 1.54) is 0 Å². The zero-order chi connectivity index (χ0) is 15.9. The van der Waals surface area contributed by atoms with Gasteiger partial charge in [-0.1, -0.05) is 48.5 Å². The number of hydrogen-bond donors (Lipinski definition) is 1. The Hall–Kier alpha value is -2.33. The van der Waals surface area contributed by atoms with E-state index >= 15 is 0 Å². The summed E-state index contributed by atoms with van der Waals surface area (Å²) < 4.78 is 5.74. The number of para-hydroxylation sites is 1. The molecule has 0 saturated heterocycles. The third-order valence-corrected chi connectivity index (χ3v) is 3.72. The zero-order valence-electron chi connectivity index (χ0n) is 13.0. The van der Waals surface area contributed by atoms with Crippen LogP contribution in [0.25, 0.3) is 11.1 Å². The van der Waals surface area contributed by atoms with Crippen molar-refractivity contribution in [2.24, 2.45) is 5.73 Å². The van der Waals surface area contributed by atoms with E-state index in [-0.39, 0.29) is 18.6 Å². The van der Waals surface area contributed by atoms with Gasteiger partial charge in [-0.05, 0) is 18.6 Å². The Bertz CT molecular complexity index is 613. The van der Waals surface area contributed by atoms with Crippen LogP contribution in [0.2, 0.25) is 0 Å². The molecule has 0 aliphatic carbocycles. The molecule has 0 fully saturated rings. The summed E-state index contributed by atoms with van der Waals surface area (Å²) in [6.45, 7) is 2.35. The molecule has 2 rings (SSSR count). The summed E-state index contributed by atoms with van der Waals surface area (Å²) in [5.41, 5.74) is 7.62. The largest absolute Gasteiger partial charge is 0.483 e. The highest BCUT2D eigenvalue weighted by atomic mass is 16.5. The number of carbonyl (C=O) groups excluding carboxylic acids is 1. The Morgan fingerprint density at radius 3 is 2.45 bits per heavy atom. The number of rotatable bonds is 6. The van der Waals surface area contributed by atoms with Gasteiger partial charge in [-0.15, -0.1) is 0 Å². The third kappa shape index (κ3) is 3.86. The molecule has 0 saturated carbocycles. The predicted octanol–water partition coefficient (Wildman–Crippen LogP) is 2.54. The lowest BCUT2D eigenvalue weighted by atomic mass is 10.1. The van der Waals surface area contributed by atoms with E-state index in [0.29, 0.717) is 12.3 Å². The lowest BCUT2D eigenvalue weighted by Crippen LogP contribution is -2.42. The molecular formula is C18H22N2O2. The van der Waals surface area contributed by atoms with Crippen LogP contribution in [0.15, 0.2) is 54.6 Å². The van der Waals surface area contributed by atoms with Gasteiger partial charge in [0, 0.05) is 25.2 Å². The number of amides is 1. The van der Waals surface area contributed by atoms with Crippen molar-refractivity contribution in [3.8, 4) is 16.9 Å². The summed E-state index contributed by atoms with van der Waals surface area (Å²) in [7, 11) is 1.74. The van der Waals surface area contributed by atoms with Gasteiger partial charge in [0.15, 0.2) is 6.61 Å². The lowest BCUT2D eigenvalue weighted by molar-refractivity contribution is -0.133. The minimum absolute atomic E-state index is 0.000433. The minimum atomic E-state index is -0.0826. The summed E-state index contributed by atoms with van der Waals surface area (Å²) in [4.78, 5) is 13.7. The molecule has 4 nitrogen and oxygen atoms in total. The van der Waals surface area contributed by atoms with Crippen LogP contribution in [-0.4, -0.2) is 37.0 Å². The second kappa shape index (κ2) is 7.61. The molecule has 1 unspecified atom stereocenters. The topological polar surface area (TPSA) is 55.6 Å². The maximum Gasteiger partial charge on any atom is 0.260 e. The van der Waals surface area contributed by atoms with Crippen molar-refractivity contribution in [3.63, 3.8) is 0 Å². The quantitative estimate of drug-likeness (QED) is 0.891. The number of carbonyl (C=O) groups is 1. The molecule has 1 amide bonds. The van der Waals surface area contributed by atoms with Crippen LogP contribution in [-0.2, 0) is 4.79 Å². The first-order chi connectivity index (χ1) is 10.6. The normalized spacial score (nSPS) is 11.8. The Kier molecular flexibility index (Phi) is 5.55. The van der Waals surface area contributed by atoms with Gasteiger partial charge in [0.1, 0.15) is 5.75 Å². The van der Waals surface area contributed by atoms with Gasteiger partial charge in [-0.3, -0.25) is 4.79 Å². The number of likely N-dealkylation sites (N-methyl/N-ethyl adjacent to an activating group) is 1. The molecule has 116 valence electrons. The maximum atomic E-state index is 12.1. The maximum absolute atomic E-state index is 12.1. The molecule has 0 spiro atoms. The van der Waals surface area contributed by atoms with Gasteiger partial charge in [0.25, 0.3) is 5.91 Å². The molecule has 2 aromatic rings. The second-order valence-electron chi connectivity index (χ2n) is 5.24. The first-order valence-corrected chi connectivity index (χ1v) is 7.36. The summed E-state index contributed by atoms with van der Waals surface area (Å²) in [5.74, 6) is 0.622. The van der Waals surface area contributed by atoms with Crippen molar-refractivity contribution in [1.29, 1.82) is 0 Å². The van der Waals surface area contributed by atoms with Crippen LogP contribution in [0.5, 0.6) is 5.75 Å². The van der Waals surface area contributed by atoms with Crippen molar-refractivity contribution in [3.05, 3.63) is 54.6 Å². The SMILES string of the molecule is CC(CN)N(C)C(=O)COc1ccccc1-c1ccccc1. The van der Waals surface area contributed by atoms with Gasteiger partial charge in [-0.2, -0.15) is 0 Å². The van der Waals surface area contributed by atoms with Crippen LogP contribution in [0.3, 0.4) is 0 Å². The van der Waals surface area contributed by atoms with E-state index < -0.39 is 0 Å². The average molecular weight is 298 g/mol. The number of benzene rings is 2. The Morgan fingerprint density at radius 2 is 1.77 bits per heavy atom. The number of ether oxygens (including phenoxy) is 1. The fourth-order valence-corrected chi connectivity index (χ4v) is 2.09. The molecule has 0 aromatic heterocycles. The number of nitrogens with zero attached hydrogens (tertiary/aromatic N) is 1. The highest BCUT2D eigenvalue weighted by Gasteiger charge is 2.15. The van der Waals surface area contributed by atoms with Gasteiger partial charge < -0.3 is 15.4 Å². The standard InChI is InChI=1S/C18H22N2O2/c1-14(12-19)20(2)18(21)13-22-17-11-7-6-10-16(17)15-8-4-3-5-9-15/h3-11,14H,12-13,19H2,1-2H3. The molecule has 0 radical (unpaired) electrons. The molecule has 2 N–H and O–H groups in total. The highest BCUT2D eigenvalue weighted by Crippen LogP contribution is 2.29. The Balaban J connectivity index is 2.10. The van der Waals surface area contributed by atoms with Crippen LogP contribution >= 0.6 is 0 Å². The van der Waals surface area contributed by atoms with Crippen LogP contribution in [0, 0.1) is 0 Å². The molecule has 22 heavy (non-hydrogen) atoms. The third-order valence-electron chi connectivity index (χ3n) is 3.72. The minimum Gasteiger partial charge on any atom is -0.483 e. The Labute approximate surface area is 131 Å². The first kappa shape index (κ1) is 16.0. The van der Waals surface area contributed by atoms with Crippen LogP contribution in [0.1, 0.15) is 6.92 Å². The monoisotopic (exact) mass is 298 g/mol. The van der Waals surface area contributed by atoms with Crippen molar-refractivity contribution in [1.82, 2.24) is 4.90 Å². The molecule has 0 heterocycles. The van der Waals surface area contributed by atoms with Gasteiger partial charge in [-0.25, -0.2) is 0 Å². The van der Waals surface area contributed by atoms with Crippen molar-refractivity contribution in [2.75, 3.05) is 20.2 Å². The van der Waals surface area contributed by atoms with E-state index in [0.717, 1.165) is 11.1 Å². The molecule has 0 aliphatic heterocycles. The molecular weight excluding hydrogens is 276 g/mol. The zero-order valence-corrected chi connectivity index (χ0v) is 13.0. The van der Waals surface area contributed by atoms with Gasteiger partial charge in [0.05, 0.1) is 0 Å². The van der Waals surface area contributed by atoms with Crippen molar-refractivity contribution >= 4 is 5.91 Å². The van der Waals surface area contributed by atoms with Gasteiger partial charge in [0.2, 0.25) is 0 Å². The fraction of sp³-hybridized carbons (Fsp3) is 0.278.